The number of carbonyl (C=O) groups is 1. The van der Waals surface area contributed by atoms with Crippen LogP contribution in [-0.4, -0.2) is 39.3 Å². The lowest BCUT2D eigenvalue weighted by Gasteiger charge is -2.29. The molecule has 0 spiro atoms. The van der Waals surface area contributed by atoms with Crippen LogP contribution in [0, 0.1) is 0 Å². The van der Waals surface area contributed by atoms with Crippen LogP contribution in [0.15, 0.2) is 12.4 Å². The molecule has 2 aliphatic rings. The smallest absolute Gasteiger partial charge is 0.343 e. The minimum Gasteiger partial charge on any atom is -0.483 e. The van der Waals surface area contributed by atoms with E-state index >= 15 is 0 Å². The van der Waals surface area contributed by atoms with Crippen molar-refractivity contribution in [2.45, 2.75) is 38.3 Å². The number of anilines is 1. The quantitative estimate of drug-likeness (QED) is 0.846. The molecule has 0 bridgehead atoms. The van der Waals surface area contributed by atoms with Crippen molar-refractivity contribution in [2.24, 2.45) is 0 Å². The van der Waals surface area contributed by atoms with Crippen molar-refractivity contribution in [3.8, 4) is 5.75 Å². The van der Waals surface area contributed by atoms with E-state index in [1.165, 1.54) is 6.20 Å². The van der Waals surface area contributed by atoms with E-state index in [0.29, 0.717) is 35.4 Å². The van der Waals surface area contributed by atoms with E-state index < -0.39 is 5.97 Å². The second kappa shape index (κ2) is 4.61. The minimum absolute atomic E-state index is 0.205. The van der Waals surface area contributed by atoms with Crippen LogP contribution in [0.25, 0.3) is 5.65 Å². The molecule has 7 heteroatoms. The fraction of sp³-hybridized carbons (Fsp3) is 0.500. The first kappa shape index (κ1) is 12.4. The largest absolute Gasteiger partial charge is 0.483 e. The van der Waals surface area contributed by atoms with Crippen molar-refractivity contribution >= 4 is 17.4 Å². The van der Waals surface area contributed by atoms with Gasteiger partial charge in [0.25, 0.3) is 0 Å². The highest BCUT2D eigenvalue weighted by Gasteiger charge is 2.35. The van der Waals surface area contributed by atoms with E-state index in [0.717, 1.165) is 19.3 Å². The fourth-order valence-corrected chi connectivity index (χ4v) is 3.01. The van der Waals surface area contributed by atoms with Gasteiger partial charge in [-0.05, 0) is 26.2 Å². The summed E-state index contributed by atoms with van der Waals surface area (Å²) in [5.41, 5.74) is 0.856. The number of hydrogen-bond donors (Lipinski definition) is 1. The van der Waals surface area contributed by atoms with Gasteiger partial charge in [0, 0.05) is 0 Å². The number of ether oxygens (including phenoxy) is 2. The lowest BCUT2D eigenvalue weighted by atomic mass is 10.2. The molecular weight excluding hydrogens is 272 g/mol. The number of hydrogen-bond acceptors (Lipinski definition) is 6. The molecule has 3 heterocycles. The Kier molecular flexibility index (Phi) is 2.73. The van der Waals surface area contributed by atoms with Crippen molar-refractivity contribution in [3.63, 3.8) is 0 Å². The van der Waals surface area contributed by atoms with Crippen LogP contribution >= 0.6 is 0 Å². The van der Waals surface area contributed by atoms with Crippen LogP contribution in [0.1, 0.15) is 36.5 Å². The Morgan fingerprint density at radius 3 is 3.33 bits per heavy atom. The molecule has 7 nitrogen and oxygen atoms in total. The highest BCUT2D eigenvalue weighted by atomic mass is 16.5. The van der Waals surface area contributed by atoms with Gasteiger partial charge in [0.15, 0.2) is 17.2 Å². The van der Waals surface area contributed by atoms with E-state index in [1.54, 1.807) is 17.6 Å². The molecule has 1 aliphatic heterocycles. The summed E-state index contributed by atoms with van der Waals surface area (Å²) in [5.74, 6) is 0.955. The van der Waals surface area contributed by atoms with Gasteiger partial charge in [-0.3, -0.25) is 0 Å². The number of nitrogens with zero attached hydrogens (tertiary/aromatic N) is 3. The van der Waals surface area contributed by atoms with Gasteiger partial charge in [-0.15, -0.1) is 0 Å². The SMILES string of the molecule is CCOC(=O)c1cnn2cc3c(nc12)N[C@H]1CCC[C@@H]1O3. The van der Waals surface area contributed by atoms with Crippen molar-refractivity contribution in [1.82, 2.24) is 14.6 Å². The topological polar surface area (TPSA) is 77.8 Å². The molecular formula is C14H16N4O3. The Labute approximate surface area is 121 Å². The van der Waals surface area contributed by atoms with Gasteiger partial charge >= 0.3 is 5.97 Å². The third-order valence-electron chi connectivity index (χ3n) is 4.01. The van der Waals surface area contributed by atoms with Gasteiger partial charge in [-0.1, -0.05) is 0 Å². The van der Waals surface area contributed by atoms with E-state index in [1.807, 2.05) is 0 Å². The monoisotopic (exact) mass is 288 g/mol. The first-order valence-electron chi connectivity index (χ1n) is 7.25. The van der Waals surface area contributed by atoms with Crippen molar-refractivity contribution in [2.75, 3.05) is 11.9 Å². The lowest BCUT2D eigenvalue weighted by molar-refractivity contribution is 0.0528. The molecule has 0 aromatic carbocycles. The molecule has 1 saturated carbocycles. The molecule has 0 amide bonds. The molecule has 0 radical (unpaired) electrons. The molecule has 1 fully saturated rings. The summed E-state index contributed by atoms with van der Waals surface area (Å²) in [6.45, 7) is 2.10. The number of rotatable bonds is 2. The van der Waals surface area contributed by atoms with Crippen LogP contribution in [0.4, 0.5) is 5.82 Å². The van der Waals surface area contributed by atoms with Crippen LogP contribution in [-0.2, 0) is 4.74 Å². The summed E-state index contributed by atoms with van der Waals surface area (Å²) < 4.78 is 12.6. The lowest BCUT2D eigenvalue weighted by Crippen LogP contribution is -2.37. The van der Waals surface area contributed by atoms with Gasteiger partial charge in [-0.25, -0.2) is 14.3 Å². The van der Waals surface area contributed by atoms with Crippen molar-refractivity contribution < 1.29 is 14.3 Å². The maximum atomic E-state index is 11.9. The molecule has 4 rings (SSSR count). The summed E-state index contributed by atoms with van der Waals surface area (Å²) >= 11 is 0. The van der Waals surface area contributed by atoms with E-state index in [-0.39, 0.29) is 6.10 Å². The van der Waals surface area contributed by atoms with Crippen LogP contribution in [0.3, 0.4) is 0 Å². The fourth-order valence-electron chi connectivity index (χ4n) is 3.01. The van der Waals surface area contributed by atoms with Gasteiger partial charge in [0.2, 0.25) is 0 Å². The van der Waals surface area contributed by atoms with Crippen LogP contribution in [0.5, 0.6) is 5.75 Å². The molecule has 110 valence electrons. The Bertz CT molecular complexity index is 712. The molecule has 21 heavy (non-hydrogen) atoms. The first-order valence-corrected chi connectivity index (χ1v) is 7.25. The van der Waals surface area contributed by atoms with E-state index in [9.17, 15) is 4.79 Å². The second-order valence-corrected chi connectivity index (χ2v) is 5.34. The van der Waals surface area contributed by atoms with Gasteiger partial charge in [0.05, 0.1) is 25.0 Å². The Morgan fingerprint density at radius 2 is 2.48 bits per heavy atom. The Hall–Kier alpha value is -2.31. The normalized spacial score (nSPS) is 23.1. The van der Waals surface area contributed by atoms with Crippen molar-refractivity contribution in [1.29, 1.82) is 0 Å². The van der Waals surface area contributed by atoms with Gasteiger partial charge in [0.1, 0.15) is 11.7 Å². The second-order valence-electron chi connectivity index (χ2n) is 5.34. The number of carbonyl (C=O) groups excluding carboxylic acids is 1. The Morgan fingerprint density at radius 1 is 1.57 bits per heavy atom. The minimum atomic E-state index is -0.407. The zero-order valence-electron chi connectivity index (χ0n) is 11.7. The average molecular weight is 288 g/mol. The number of nitrogens with one attached hydrogen (secondary N) is 1. The summed E-state index contributed by atoms with van der Waals surface area (Å²) in [5, 5.41) is 7.57. The zero-order valence-corrected chi connectivity index (χ0v) is 11.7. The standard InChI is InChI=1S/C14H16N4O3/c1-2-20-14(19)8-6-15-18-7-11-12(17-13(8)18)16-9-4-3-5-10(9)21-11/h6-7,9-10H,2-5H2,1H3,(H,16,17)/t9-,10-/m0/s1. The number of fused-ring (bicyclic) bond motifs is 3. The van der Waals surface area contributed by atoms with Crippen LogP contribution < -0.4 is 10.1 Å². The summed E-state index contributed by atoms with van der Waals surface area (Å²) in [7, 11) is 0. The number of aromatic nitrogens is 3. The zero-order chi connectivity index (χ0) is 14.4. The predicted octanol–water partition coefficient (Wildman–Crippen LogP) is 1.63. The van der Waals surface area contributed by atoms with Gasteiger partial charge < -0.3 is 14.8 Å². The van der Waals surface area contributed by atoms with Crippen LogP contribution in [0.2, 0.25) is 0 Å². The molecule has 2 aromatic heterocycles. The maximum absolute atomic E-state index is 11.9. The van der Waals surface area contributed by atoms with Gasteiger partial charge in [-0.2, -0.15) is 5.10 Å². The average Bonchev–Trinajstić information content (AvgIpc) is 3.08. The van der Waals surface area contributed by atoms with Crippen molar-refractivity contribution in [3.05, 3.63) is 18.0 Å². The molecule has 1 aliphatic carbocycles. The summed E-state index contributed by atoms with van der Waals surface area (Å²) in [4.78, 5) is 16.4. The maximum Gasteiger partial charge on any atom is 0.343 e. The highest BCUT2D eigenvalue weighted by molar-refractivity contribution is 5.95. The molecule has 0 saturated heterocycles. The van der Waals surface area contributed by atoms with E-state index in [2.05, 4.69) is 15.4 Å². The summed E-state index contributed by atoms with van der Waals surface area (Å²) in [6, 6.07) is 0.307. The Balaban J connectivity index is 1.76. The predicted molar refractivity (Wildman–Crippen MR) is 74.6 cm³/mol. The molecule has 2 aromatic rings. The first-order chi connectivity index (χ1) is 10.3. The third-order valence-corrected chi connectivity index (χ3v) is 4.01. The molecule has 0 unspecified atom stereocenters. The molecule has 2 atom stereocenters. The molecule has 1 N–H and O–H groups in total. The van der Waals surface area contributed by atoms with E-state index in [4.69, 9.17) is 9.47 Å². The number of esters is 1. The summed E-state index contributed by atoms with van der Waals surface area (Å²) in [6.07, 6.45) is 6.75. The highest BCUT2D eigenvalue weighted by Crippen LogP contribution is 2.36. The third kappa shape index (κ3) is 1.91.